The number of aromatic nitrogens is 3. The molecule has 4 rings (SSSR count). The molecule has 1 saturated carbocycles. The van der Waals surface area contributed by atoms with E-state index in [-0.39, 0.29) is 17.6 Å². The van der Waals surface area contributed by atoms with Gasteiger partial charge >= 0.3 is 0 Å². The van der Waals surface area contributed by atoms with Crippen LogP contribution in [0.5, 0.6) is 0 Å². The number of rotatable bonds is 5. The number of anilines is 2. The summed E-state index contributed by atoms with van der Waals surface area (Å²) in [4.78, 5) is 18.6. The normalized spacial score (nSPS) is 26.2. The summed E-state index contributed by atoms with van der Waals surface area (Å²) < 4.78 is 6.74. The SMILES string of the molecule is O=c1ccc(N2CCCCC2CNc2ncco2)nn1C1CCCC1O. The molecule has 2 fully saturated rings. The highest BCUT2D eigenvalue weighted by Crippen LogP contribution is 2.29. The number of hydrogen-bond acceptors (Lipinski definition) is 7. The summed E-state index contributed by atoms with van der Waals surface area (Å²) in [5.41, 5.74) is -0.147. The minimum absolute atomic E-state index is 0.147. The van der Waals surface area contributed by atoms with Crippen molar-refractivity contribution in [3.05, 3.63) is 34.9 Å². The van der Waals surface area contributed by atoms with Crippen molar-refractivity contribution < 1.29 is 9.52 Å². The van der Waals surface area contributed by atoms with Crippen LogP contribution in [0.3, 0.4) is 0 Å². The van der Waals surface area contributed by atoms with Gasteiger partial charge < -0.3 is 19.7 Å². The van der Waals surface area contributed by atoms with Crippen LogP contribution in [0.1, 0.15) is 44.6 Å². The van der Waals surface area contributed by atoms with Crippen LogP contribution in [0, 0.1) is 0 Å². The summed E-state index contributed by atoms with van der Waals surface area (Å²) in [5, 5.41) is 18.0. The fourth-order valence-corrected chi connectivity index (χ4v) is 4.04. The van der Waals surface area contributed by atoms with Crippen molar-refractivity contribution >= 4 is 11.8 Å². The lowest BCUT2D eigenvalue weighted by Gasteiger charge is -2.37. The van der Waals surface area contributed by atoms with E-state index in [1.807, 2.05) is 0 Å². The highest BCUT2D eigenvalue weighted by molar-refractivity contribution is 5.39. The molecule has 0 spiro atoms. The first kappa shape index (κ1) is 17.1. The van der Waals surface area contributed by atoms with Crippen LogP contribution in [-0.4, -0.2) is 45.1 Å². The van der Waals surface area contributed by atoms with Gasteiger partial charge in [0.2, 0.25) is 0 Å². The second-order valence-electron chi connectivity index (χ2n) is 7.10. The molecule has 0 radical (unpaired) electrons. The Labute approximate surface area is 151 Å². The van der Waals surface area contributed by atoms with Gasteiger partial charge in [0.15, 0.2) is 0 Å². The first-order chi connectivity index (χ1) is 12.7. The molecule has 2 aliphatic rings. The van der Waals surface area contributed by atoms with E-state index in [1.165, 1.54) is 4.68 Å². The predicted octanol–water partition coefficient (Wildman–Crippen LogP) is 1.79. The average molecular weight is 359 g/mol. The number of hydrogen-bond donors (Lipinski definition) is 2. The second kappa shape index (κ2) is 7.49. The summed E-state index contributed by atoms with van der Waals surface area (Å²) in [6.45, 7) is 1.60. The van der Waals surface area contributed by atoms with E-state index in [1.54, 1.807) is 24.6 Å². The first-order valence-electron chi connectivity index (χ1n) is 9.40. The van der Waals surface area contributed by atoms with Gasteiger partial charge in [0, 0.05) is 25.2 Å². The van der Waals surface area contributed by atoms with Gasteiger partial charge in [-0.1, -0.05) is 0 Å². The summed E-state index contributed by atoms with van der Waals surface area (Å²) in [5.74, 6) is 0.794. The van der Waals surface area contributed by atoms with Crippen molar-refractivity contribution in [2.45, 2.75) is 56.7 Å². The minimum Gasteiger partial charge on any atom is -0.432 e. The molecule has 2 aromatic rings. The molecular formula is C18H25N5O3. The molecule has 0 aromatic carbocycles. The Morgan fingerprint density at radius 3 is 2.92 bits per heavy atom. The van der Waals surface area contributed by atoms with Gasteiger partial charge in [-0.15, -0.1) is 0 Å². The molecule has 8 heteroatoms. The molecular weight excluding hydrogens is 334 g/mol. The molecule has 26 heavy (non-hydrogen) atoms. The molecule has 1 aliphatic heterocycles. The third kappa shape index (κ3) is 3.46. The van der Waals surface area contributed by atoms with Crippen LogP contribution >= 0.6 is 0 Å². The topological polar surface area (TPSA) is 96.4 Å². The molecule has 1 aliphatic carbocycles. The van der Waals surface area contributed by atoms with E-state index in [2.05, 4.69) is 20.3 Å². The maximum Gasteiger partial charge on any atom is 0.294 e. The van der Waals surface area contributed by atoms with E-state index >= 15 is 0 Å². The van der Waals surface area contributed by atoms with Crippen molar-refractivity contribution in [3.63, 3.8) is 0 Å². The van der Waals surface area contributed by atoms with Gasteiger partial charge in [-0.2, -0.15) is 5.10 Å². The molecule has 2 aromatic heterocycles. The summed E-state index contributed by atoms with van der Waals surface area (Å²) >= 11 is 0. The van der Waals surface area contributed by atoms with Gasteiger partial charge in [-0.25, -0.2) is 9.67 Å². The molecule has 0 bridgehead atoms. The smallest absolute Gasteiger partial charge is 0.294 e. The quantitative estimate of drug-likeness (QED) is 0.840. The molecule has 0 amide bonds. The molecule has 2 N–H and O–H groups in total. The first-order valence-corrected chi connectivity index (χ1v) is 9.40. The van der Waals surface area contributed by atoms with E-state index < -0.39 is 6.10 Å². The highest BCUT2D eigenvalue weighted by Gasteiger charge is 2.30. The largest absolute Gasteiger partial charge is 0.432 e. The highest BCUT2D eigenvalue weighted by atomic mass is 16.4. The van der Waals surface area contributed by atoms with Crippen molar-refractivity contribution in [3.8, 4) is 0 Å². The zero-order chi connectivity index (χ0) is 17.9. The molecule has 1 saturated heterocycles. The Morgan fingerprint density at radius 1 is 1.23 bits per heavy atom. The maximum atomic E-state index is 12.3. The fraction of sp³-hybridized carbons (Fsp3) is 0.611. The van der Waals surface area contributed by atoms with Crippen LogP contribution in [-0.2, 0) is 0 Å². The number of oxazole rings is 1. The molecule has 3 atom stereocenters. The zero-order valence-electron chi connectivity index (χ0n) is 14.8. The van der Waals surface area contributed by atoms with Gasteiger partial charge in [-0.05, 0) is 44.6 Å². The van der Waals surface area contributed by atoms with Gasteiger partial charge in [0.05, 0.1) is 18.3 Å². The minimum atomic E-state index is -0.487. The standard InChI is InChI=1S/C18H25N5O3/c24-15-6-3-5-14(15)23-17(25)8-7-16(21-23)22-10-2-1-4-13(22)12-20-18-19-9-11-26-18/h7-9,11,13-15,24H,1-6,10,12H2,(H,19,20). The van der Waals surface area contributed by atoms with E-state index in [0.29, 0.717) is 12.6 Å². The van der Waals surface area contributed by atoms with Crippen molar-refractivity contribution in [2.75, 3.05) is 23.3 Å². The van der Waals surface area contributed by atoms with Crippen LogP contribution in [0.25, 0.3) is 0 Å². The third-order valence-electron chi connectivity index (χ3n) is 5.41. The predicted molar refractivity (Wildman–Crippen MR) is 97.4 cm³/mol. The Kier molecular flexibility index (Phi) is 4.92. The van der Waals surface area contributed by atoms with Crippen LogP contribution in [0.4, 0.5) is 11.8 Å². The lowest BCUT2D eigenvalue weighted by atomic mass is 10.0. The van der Waals surface area contributed by atoms with Crippen molar-refractivity contribution in [1.82, 2.24) is 14.8 Å². The molecule has 8 nitrogen and oxygen atoms in total. The molecule has 3 unspecified atom stereocenters. The number of piperidine rings is 1. The van der Waals surface area contributed by atoms with Crippen LogP contribution in [0.2, 0.25) is 0 Å². The lowest BCUT2D eigenvalue weighted by molar-refractivity contribution is 0.127. The number of aliphatic hydroxyl groups is 1. The monoisotopic (exact) mass is 359 g/mol. The zero-order valence-corrected chi connectivity index (χ0v) is 14.8. The molecule has 140 valence electrons. The Bertz CT molecular complexity index is 775. The van der Waals surface area contributed by atoms with Gasteiger partial charge in [0.25, 0.3) is 11.6 Å². The van der Waals surface area contributed by atoms with E-state index in [0.717, 1.165) is 50.9 Å². The molecule has 3 heterocycles. The van der Waals surface area contributed by atoms with Crippen molar-refractivity contribution in [1.29, 1.82) is 0 Å². The Morgan fingerprint density at radius 2 is 2.15 bits per heavy atom. The maximum absolute atomic E-state index is 12.3. The summed E-state index contributed by atoms with van der Waals surface area (Å²) in [7, 11) is 0. The van der Waals surface area contributed by atoms with Crippen LogP contribution in [0.15, 0.2) is 33.8 Å². The lowest BCUT2D eigenvalue weighted by Crippen LogP contribution is -2.45. The Hall–Kier alpha value is -2.35. The fourth-order valence-electron chi connectivity index (χ4n) is 4.04. The van der Waals surface area contributed by atoms with E-state index in [4.69, 9.17) is 4.42 Å². The number of nitrogens with zero attached hydrogens (tertiary/aromatic N) is 4. The number of aliphatic hydroxyl groups excluding tert-OH is 1. The van der Waals surface area contributed by atoms with Gasteiger partial charge in [-0.3, -0.25) is 4.79 Å². The van der Waals surface area contributed by atoms with Crippen molar-refractivity contribution in [2.24, 2.45) is 0 Å². The van der Waals surface area contributed by atoms with Crippen LogP contribution < -0.4 is 15.8 Å². The average Bonchev–Trinajstić information content (AvgIpc) is 3.32. The summed E-state index contributed by atoms with van der Waals surface area (Å²) in [6.07, 6.45) is 8.44. The summed E-state index contributed by atoms with van der Waals surface area (Å²) in [6, 6.07) is 3.92. The number of nitrogens with one attached hydrogen (secondary N) is 1. The van der Waals surface area contributed by atoms with E-state index in [9.17, 15) is 9.90 Å². The second-order valence-corrected chi connectivity index (χ2v) is 7.10. The Balaban J connectivity index is 1.55. The van der Waals surface area contributed by atoms with Gasteiger partial charge in [0.1, 0.15) is 12.1 Å². The third-order valence-corrected chi connectivity index (χ3v) is 5.41.